The molecule has 0 fully saturated rings. The molecule has 0 aliphatic rings. The van der Waals surface area contributed by atoms with Gasteiger partial charge in [-0.1, -0.05) is 6.92 Å². The van der Waals surface area contributed by atoms with Gasteiger partial charge in [0.1, 0.15) is 5.76 Å². The number of hydrogen-bond acceptors (Lipinski definition) is 4. The molecule has 0 saturated heterocycles. The summed E-state index contributed by atoms with van der Waals surface area (Å²) in [5.74, 6) is 1.73. The van der Waals surface area contributed by atoms with Gasteiger partial charge < -0.3 is 9.73 Å². The third-order valence-electron chi connectivity index (χ3n) is 2.33. The van der Waals surface area contributed by atoms with E-state index in [4.69, 9.17) is 4.42 Å². The van der Waals surface area contributed by atoms with Crippen molar-refractivity contribution >= 4 is 0 Å². The van der Waals surface area contributed by atoms with Gasteiger partial charge in [0, 0.05) is 20.0 Å². The summed E-state index contributed by atoms with van der Waals surface area (Å²) in [5, 5.41) is 3.30. The van der Waals surface area contributed by atoms with Gasteiger partial charge in [0.05, 0.1) is 12.2 Å². The van der Waals surface area contributed by atoms with E-state index in [9.17, 15) is 0 Å². The van der Waals surface area contributed by atoms with E-state index in [0.29, 0.717) is 0 Å². The van der Waals surface area contributed by atoms with Gasteiger partial charge in [0.2, 0.25) is 0 Å². The summed E-state index contributed by atoms with van der Waals surface area (Å²) in [4.78, 5) is 6.48. The zero-order chi connectivity index (χ0) is 11.3. The van der Waals surface area contributed by atoms with Crippen LogP contribution in [0.5, 0.6) is 0 Å². The Morgan fingerprint density at radius 2 is 2.13 bits per heavy atom. The molecule has 0 amide bonds. The zero-order valence-electron chi connectivity index (χ0n) is 10.1. The topological polar surface area (TPSA) is 41.3 Å². The normalized spacial score (nSPS) is 11.3. The molecule has 0 aliphatic heterocycles. The summed E-state index contributed by atoms with van der Waals surface area (Å²) < 4.78 is 5.52. The molecule has 15 heavy (non-hydrogen) atoms. The van der Waals surface area contributed by atoms with Crippen LogP contribution in [-0.2, 0) is 6.54 Å². The van der Waals surface area contributed by atoms with Crippen LogP contribution >= 0.6 is 0 Å². The second-order valence-corrected chi connectivity index (χ2v) is 3.83. The number of rotatable bonds is 6. The van der Waals surface area contributed by atoms with Crippen molar-refractivity contribution in [3.8, 4) is 0 Å². The fourth-order valence-corrected chi connectivity index (χ4v) is 1.49. The van der Waals surface area contributed by atoms with Gasteiger partial charge in [0.25, 0.3) is 0 Å². The van der Waals surface area contributed by atoms with Crippen LogP contribution in [0.25, 0.3) is 0 Å². The lowest BCUT2D eigenvalue weighted by Gasteiger charge is -2.15. The largest absolute Gasteiger partial charge is 0.444 e. The molecule has 86 valence electrons. The van der Waals surface area contributed by atoms with E-state index in [2.05, 4.69) is 29.2 Å². The molecule has 0 atom stereocenters. The Morgan fingerprint density at radius 3 is 2.67 bits per heavy atom. The van der Waals surface area contributed by atoms with Gasteiger partial charge in [-0.2, -0.15) is 0 Å². The molecule has 1 N–H and O–H groups in total. The first-order chi connectivity index (χ1) is 7.13. The summed E-state index contributed by atoms with van der Waals surface area (Å²) in [6.45, 7) is 9.88. The Kier molecular flexibility index (Phi) is 4.78. The molecule has 4 nitrogen and oxygen atoms in total. The molecule has 1 aromatic heterocycles. The second kappa shape index (κ2) is 5.88. The van der Waals surface area contributed by atoms with E-state index in [0.717, 1.165) is 43.5 Å². The van der Waals surface area contributed by atoms with Crippen molar-refractivity contribution in [3.05, 3.63) is 17.3 Å². The van der Waals surface area contributed by atoms with Crippen LogP contribution in [0.2, 0.25) is 0 Å². The van der Waals surface area contributed by atoms with Crippen LogP contribution in [0.1, 0.15) is 24.3 Å². The molecule has 4 heteroatoms. The van der Waals surface area contributed by atoms with E-state index in [1.165, 1.54) is 0 Å². The van der Waals surface area contributed by atoms with E-state index in [1.807, 2.05) is 13.8 Å². The Hall–Kier alpha value is -0.870. The van der Waals surface area contributed by atoms with Crippen molar-refractivity contribution in [1.29, 1.82) is 0 Å². The summed E-state index contributed by atoms with van der Waals surface area (Å²) in [7, 11) is 2.09. The van der Waals surface area contributed by atoms with E-state index >= 15 is 0 Å². The van der Waals surface area contributed by atoms with Gasteiger partial charge in [-0.3, -0.25) is 4.90 Å². The number of nitrogens with zero attached hydrogens (tertiary/aromatic N) is 2. The van der Waals surface area contributed by atoms with Crippen molar-refractivity contribution in [2.45, 2.75) is 27.3 Å². The van der Waals surface area contributed by atoms with Crippen LogP contribution in [0.3, 0.4) is 0 Å². The number of aromatic nitrogens is 1. The number of likely N-dealkylation sites (N-methyl/N-ethyl adjacent to an activating group) is 2. The fourth-order valence-electron chi connectivity index (χ4n) is 1.49. The van der Waals surface area contributed by atoms with Crippen LogP contribution in [0, 0.1) is 13.8 Å². The molecule has 1 aromatic rings. The monoisotopic (exact) mass is 211 g/mol. The molecule has 0 bridgehead atoms. The van der Waals surface area contributed by atoms with Crippen molar-refractivity contribution < 1.29 is 4.42 Å². The van der Waals surface area contributed by atoms with E-state index in [-0.39, 0.29) is 0 Å². The molecular formula is C11H21N3O. The summed E-state index contributed by atoms with van der Waals surface area (Å²) in [6, 6.07) is 0. The van der Waals surface area contributed by atoms with Crippen molar-refractivity contribution in [3.63, 3.8) is 0 Å². The van der Waals surface area contributed by atoms with Crippen LogP contribution in [-0.4, -0.2) is 36.6 Å². The minimum atomic E-state index is 0.752. The smallest absolute Gasteiger partial charge is 0.191 e. The molecule has 0 aliphatic carbocycles. The maximum Gasteiger partial charge on any atom is 0.191 e. The van der Waals surface area contributed by atoms with Gasteiger partial charge in [0.15, 0.2) is 5.89 Å². The first-order valence-corrected chi connectivity index (χ1v) is 5.45. The van der Waals surface area contributed by atoms with E-state index < -0.39 is 0 Å². The number of aryl methyl sites for hydroxylation is 2. The Labute approximate surface area is 91.7 Å². The predicted octanol–water partition coefficient (Wildman–Crippen LogP) is 1.33. The molecule has 0 saturated carbocycles. The Balaban J connectivity index is 2.37. The van der Waals surface area contributed by atoms with Crippen molar-refractivity contribution in [2.75, 3.05) is 26.7 Å². The summed E-state index contributed by atoms with van der Waals surface area (Å²) in [5.41, 5.74) is 1.00. The molecular weight excluding hydrogens is 190 g/mol. The van der Waals surface area contributed by atoms with Crippen molar-refractivity contribution in [1.82, 2.24) is 15.2 Å². The lowest BCUT2D eigenvalue weighted by Crippen LogP contribution is -2.28. The van der Waals surface area contributed by atoms with Crippen molar-refractivity contribution in [2.24, 2.45) is 0 Å². The maximum absolute atomic E-state index is 5.52. The third-order valence-corrected chi connectivity index (χ3v) is 2.33. The molecule has 0 aromatic carbocycles. The Morgan fingerprint density at radius 1 is 1.40 bits per heavy atom. The summed E-state index contributed by atoms with van der Waals surface area (Å²) in [6.07, 6.45) is 0. The first-order valence-electron chi connectivity index (χ1n) is 5.45. The zero-order valence-corrected chi connectivity index (χ0v) is 10.1. The molecule has 1 heterocycles. The minimum Gasteiger partial charge on any atom is -0.444 e. The van der Waals surface area contributed by atoms with Crippen LogP contribution in [0.15, 0.2) is 4.42 Å². The predicted molar refractivity (Wildman–Crippen MR) is 60.9 cm³/mol. The second-order valence-electron chi connectivity index (χ2n) is 3.83. The first kappa shape index (κ1) is 12.2. The highest BCUT2D eigenvalue weighted by Gasteiger charge is 2.08. The average molecular weight is 211 g/mol. The number of nitrogens with one attached hydrogen (secondary N) is 1. The quantitative estimate of drug-likeness (QED) is 0.721. The van der Waals surface area contributed by atoms with Gasteiger partial charge in [-0.25, -0.2) is 4.98 Å². The summed E-state index contributed by atoms with van der Waals surface area (Å²) >= 11 is 0. The molecule has 0 radical (unpaired) electrons. The number of hydrogen-bond donors (Lipinski definition) is 1. The Bertz CT molecular complexity index is 296. The van der Waals surface area contributed by atoms with Gasteiger partial charge in [-0.15, -0.1) is 0 Å². The van der Waals surface area contributed by atoms with Crippen LogP contribution in [0.4, 0.5) is 0 Å². The standard InChI is InChI=1S/C11H21N3O/c1-5-12-6-7-14(4)8-11-9(2)13-10(3)15-11/h12H,5-8H2,1-4H3. The lowest BCUT2D eigenvalue weighted by atomic mass is 10.3. The SMILES string of the molecule is CCNCCN(C)Cc1oc(C)nc1C. The molecule has 0 unspecified atom stereocenters. The molecule has 1 rings (SSSR count). The fraction of sp³-hybridized carbons (Fsp3) is 0.727. The minimum absolute atomic E-state index is 0.752. The number of oxazole rings is 1. The average Bonchev–Trinajstić information content (AvgIpc) is 2.45. The maximum atomic E-state index is 5.52. The van der Waals surface area contributed by atoms with E-state index in [1.54, 1.807) is 0 Å². The highest BCUT2D eigenvalue weighted by molar-refractivity contribution is 5.06. The highest BCUT2D eigenvalue weighted by atomic mass is 16.4. The highest BCUT2D eigenvalue weighted by Crippen LogP contribution is 2.10. The lowest BCUT2D eigenvalue weighted by molar-refractivity contribution is 0.291. The van der Waals surface area contributed by atoms with Gasteiger partial charge in [-0.05, 0) is 20.5 Å². The third kappa shape index (κ3) is 4.01. The van der Waals surface area contributed by atoms with Crippen LogP contribution < -0.4 is 5.32 Å². The van der Waals surface area contributed by atoms with Gasteiger partial charge >= 0.3 is 0 Å². The molecule has 0 spiro atoms.